The van der Waals surface area contributed by atoms with E-state index in [4.69, 9.17) is 0 Å². The van der Waals surface area contributed by atoms with Crippen molar-refractivity contribution in [3.63, 3.8) is 0 Å². The number of aromatic nitrogens is 3. The molecule has 1 amide bonds. The number of hydrogen-bond donors (Lipinski definition) is 1. The number of nitrogens with one attached hydrogen (secondary N) is 1. The van der Waals surface area contributed by atoms with Crippen LogP contribution in [0.2, 0.25) is 0 Å². The fraction of sp³-hybridized carbons (Fsp3) is 0.632. The van der Waals surface area contributed by atoms with Gasteiger partial charge in [0.1, 0.15) is 5.82 Å². The summed E-state index contributed by atoms with van der Waals surface area (Å²) in [5.41, 5.74) is 0. The molecule has 0 aromatic carbocycles. The number of rotatable bonds is 7. The Labute approximate surface area is 163 Å². The zero-order valence-electron chi connectivity index (χ0n) is 15.2. The van der Waals surface area contributed by atoms with Gasteiger partial charge in [-0.25, -0.2) is 0 Å². The van der Waals surface area contributed by atoms with Crippen LogP contribution >= 0.6 is 23.1 Å². The van der Waals surface area contributed by atoms with E-state index in [0.717, 1.165) is 23.8 Å². The summed E-state index contributed by atoms with van der Waals surface area (Å²) in [6.45, 7) is 2.25. The Morgan fingerprint density at radius 1 is 1.31 bits per heavy atom. The summed E-state index contributed by atoms with van der Waals surface area (Å²) < 4.78 is 2.26. The van der Waals surface area contributed by atoms with Crippen LogP contribution in [0, 0.1) is 5.92 Å². The van der Waals surface area contributed by atoms with Crippen molar-refractivity contribution < 1.29 is 4.79 Å². The van der Waals surface area contributed by atoms with E-state index in [1.165, 1.54) is 48.7 Å². The summed E-state index contributed by atoms with van der Waals surface area (Å²) >= 11 is 3.28. The molecule has 2 aliphatic rings. The van der Waals surface area contributed by atoms with E-state index in [0.29, 0.717) is 23.8 Å². The van der Waals surface area contributed by atoms with Gasteiger partial charge in [-0.2, -0.15) is 0 Å². The SMILES string of the molecule is C[C@@H]1CCCC[C@@H]1NC(=O)CSc1nnc(Cc2cccs2)n1C1CC1. The van der Waals surface area contributed by atoms with Crippen LogP contribution in [0.5, 0.6) is 0 Å². The van der Waals surface area contributed by atoms with E-state index in [-0.39, 0.29) is 5.91 Å². The molecule has 7 heteroatoms. The van der Waals surface area contributed by atoms with Crippen LogP contribution in [-0.2, 0) is 11.2 Å². The summed E-state index contributed by atoms with van der Waals surface area (Å²) in [6, 6.07) is 5.07. The summed E-state index contributed by atoms with van der Waals surface area (Å²) in [5.74, 6) is 2.16. The molecule has 2 atom stereocenters. The average Bonchev–Trinajstić information content (AvgIpc) is 3.18. The van der Waals surface area contributed by atoms with Gasteiger partial charge < -0.3 is 9.88 Å². The molecule has 2 heterocycles. The van der Waals surface area contributed by atoms with Crippen LogP contribution in [0.4, 0.5) is 0 Å². The second-order valence-corrected chi connectivity index (χ2v) is 9.46. The Morgan fingerprint density at radius 2 is 2.15 bits per heavy atom. The maximum Gasteiger partial charge on any atom is 0.230 e. The molecule has 2 fully saturated rings. The third-order valence-electron chi connectivity index (χ3n) is 5.35. The highest BCUT2D eigenvalue weighted by Crippen LogP contribution is 2.39. The highest BCUT2D eigenvalue weighted by atomic mass is 32.2. The molecule has 0 spiro atoms. The lowest BCUT2D eigenvalue weighted by Gasteiger charge is -2.29. The minimum Gasteiger partial charge on any atom is -0.352 e. The maximum atomic E-state index is 12.4. The molecule has 0 radical (unpaired) electrons. The van der Waals surface area contributed by atoms with Crippen molar-refractivity contribution in [1.82, 2.24) is 20.1 Å². The molecule has 2 saturated carbocycles. The van der Waals surface area contributed by atoms with Gasteiger partial charge in [-0.1, -0.05) is 37.6 Å². The first-order chi connectivity index (χ1) is 12.7. The average molecular weight is 391 g/mol. The van der Waals surface area contributed by atoms with Crippen molar-refractivity contribution in [3.8, 4) is 0 Å². The van der Waals surface area contributed by atoms with E-state index >= 15 is 0 Å². The predicted molar refractivity (Wildman–Crippen MR) is 106 cm³/mol. The lowest BCUT2D eigenvalue weighted by molar-refractivity contribution is -0.119. The normalized spacial score (nSPS) is 23.1. The Morgan fingerprint density at radius 3 is 2.88 bits per heavy atom. The fourth-order valence-corrected chi connectivity index (χ4v) is 5.24. The number of thioether (sulfide) groups is 1. The number of amides is 1. The number of carbonyl (C=O) groups excluding carboxylic acids is 1. The maximum absolute atomic E-state index is 12.4. The third kappa shape index (κ3) is 4.31. The van der Waals surface area contributed by atoms with Crippen LogP contribution in [-0.4, -0.2) is 32.5 Å². The molecule has 1 N–H and O–H groups in total. The molecule has 4 rings (SSSR count). The van der Waals surface area contributed by atoms with Crippen molar-refractivity contribution in [3.05, 3.63) is 28.2 Å². The quantitative estimate of drug-likeness (QED) is 0.725. The molecule has 0 unspecified atom stereocenters. The molecule has 140 valence electrons. The van der Waals surface area contributed by atoms with Crippen molar-refractivity contribution in [2.75, 3.05) is 5.75 Å². The van der Waals surface area contributed by atoms with Gasteiger partial charge in [0.05, 0.1) is 5.75 Å². The van der Waals surface area contributed by atoms with Gasteiger partial charge in [-0.15, -0.1) is 21.5 Å². The zero-order valence-corrected chi connectivity index (χ0v) is 16.8. The number of carbonyl (C=O) groups is 1. The lowest BCUT2D eigenvalue weighted by Crippen LogP contribution is -2.41. The van der Waals surface area contributed by atoms with Gasteiger partial charge in [0.2, 0.25) is 5.91 Å². The molecule has 2 aliphatic carbocycles. The molecule has 5 nitrogen and oxygen atoms in total. The largest absolute Gasteiger partial charge is 0.352 e. The number of thiophene rings is 1. The van der Waals surface area contributed by atoms with E-state index in [1.54, 1.807) is 11.3 Å². The lowest BCUT2D eigenvalue weighted by atomic mass is 9.86. The summed E-state index contributed by atoms with van der Waals surface area (Å²) in [7, 11) is 0. The van der Waals surface area contributed by atoms with Crippen LogP contribution in [0.25, 0.3) is 0 Å². The first-order valence-corrected chi connectivity index (χ1v) is 11.5. The van der Waals surface area contributed by atoms with E-state index in [2.05, 4.69) is 44.5 Å². The molecule has 0 saturated heterocycles. The van der Waals surface area contributed by atoms with Crippen LogP contribution in [0.15, 0.2) is 22.7 Å². The Kier molecular flexibility index (Phi) is 5.64. The summed E-state index contributed by atoms with van der Waals surface area (Å²) in [5, 5.41) is 15.0. The van der Waals surface area contributed by atoms with E-state index in [9.17, 15) is 4.79 Å². The highest BCUT2D eigenvalue weighted by Gasteiger charge is 2.30. The number of hydrogen-bond acceptors (Lipinski definition) is 5. The van der Waals surface area contributed by atoms with Gasteiger partial charge >= 0.3 is 0 Å². The first-order valence-electron chi connectivity index (χ1n) is 9.59. The Bertz CT molecular complexity index is 739. The molecular formula is C19H26N4OS2. The topological polar surface area (TPSA) is 59.8 Å². The summed E-state index contributed by atoms with van der Waals surface area (Å²) in [6.07, 6.45) is 8.06. The second kappa shape index (κ2) is 8.13. The van der Waals surface area contributed by atoms with Crippen molar-refractivity contribution in [2.24, 2.45) is 5.92 Å². The van der Waals surface area contributed by atoms with Crippen molar-refractivity contribution in [1.29, 1.82) is 0 Å². The molecule has 2 aromatic heterocycles. The van der Waals surface area contributed by atoms with Crippen molar-refractivity contribution in [2.45, 2.75) is 69.1 Å². The molecule has 0 bridgehead atoms. The van der Waals surface area contributed by atoms with Gasteiger partial charge in [-0.3, -0.25) is 4.79 Å². The highest BCUT2D eigenvalue weighted by molar-refractivity contribution is 7.99. The van der Waals surface area contributed by atoms with Crippen LogP contribution < -0.4 is 5.32 Å². The first kappa shape index (κ1) is 18.0. The molecule has 26 heavy (non-hydrogen) atoms. The Balaban J connectivity index is 1.37. The molecule has 2 aromatic rings. The van der Waals surface area contributed by atoms with Gasteiger partial charge in [0, 0.05) is 23.4 Å². The summed E-state index contributed by atoms with van der Waals surface area (Å²) in [4.78, 5) is 13.7. The minimum absolute atomic E-state index is 0.124. The van der Waals surface area contributed by atoms with E-state index < -0.39 is 0 Å². The minimum atomic E-state index is 0.124. The Hall–Kier alpha value is -1.34. The monoisotopic (exact) mass is 390 g/mol. The van der Waals surface area contributed by atoms with Crippen LogP contribution in [0.3, 0.4) is 0 Å². The van der Waals surface area contributed by atoms with Gasteiger partial charge in [0.15, 0.2) is 5.16 Å². The predicted octanol–water partition coefficient (Wildman–Crippen LogP) is 4.05. The van der Waals surface area contributed by atoms with Gasteiger partial charge in [-0.05, 0) is 43.0 Å². The van der Waals surface area contributed by atoms with E-state index in [1.807, 2.05) is 0 Å². The van der Waals surface area contributed by atoms with Crippen LogP contribution in [0.1, 0.15) is 62.2 Å². The second-order valence-electron chi connectivity index (χ2n) is 7.48. The smallest absolute Gasteiger partial charge is 0.230 e. The fourth-order valence-electron chi connectivity index (χ4n) is 3.70. The third-order valence-corrected chi connectivity index (χ3v) is 7.17. The standard InChI is InChI=1S/C19H26N4OS2/c1-13-5-2-3-7-16(13)20-18(24)12-26-19-22-21-17(23(19)14-8-9-14)11-15-6-4-10-25-15/h4,6,10,13-14,16H,2-3,5,7-9,11-12H2,1H3,(H,20,24)/t13-,16+/m1/s1. The van der Waals surface area contributed by atoms with Crippen molar-refractivity contribution >= 4 is 29.0 Å². The molecular weight excluding hydrogens is 364 g/mol. The van der Waals surface area contributed by atoms with Gasteiger partial charge in [0.25, 0.3) is 0 Å². The zero-order chi connectivity index (χ0) is 17.9. The molecule has 0 aliphatic heterocycles. The number of nitrogens with zero attached hydrogens (tertiary/aromatic N) is 3.